The molecule has 132 valence electrons. The van der Waals surface area contributed by atoms with Crippen LogP contribution in [-0.4, -0.2) is 16.2 Å². The monoisotopic (exact) mass is 368 g/mol. The number of ether oxygens (including phenoxy) is 1. The van der Waals surface area contributed by atoms with Gasteiger partial charge >= 0.3 is 5.97 Å². The number of hydrogen-bond donors (Lipinski definition) is 0. The first-order chi connectivity index (χ1) is 12.5. The van der Waals surface area contributed by atoms with Crippen molar-refractivity contribution < 1.29 is 13.9 Å². The molecule has 0 unspecified atom stereocenters. The molecule has 6 heteroatoms. The first-order valence-corrected chi connectivity index (χ1v) is 8.44. The first kappa shape index (κ1) is 17.9. The number of halogens is 1. The van der Waals surface area contributed by atoms with E-state index in [1.807, 2.05) is 31.2 Å². The molecule has 5 nitrogen and oxygen atoms in total. The fourth-order valence-corrected chi connectivity index (χ4v) is 2.34. The molecule has 0 saturated carbocycles. The molecular weight excluding hydrogens is 352 g/mol. The van der Waals surface area contributed by atoms with Crippen molar-refractivity contribution in [3.8, 4) is 11.5 Å². The topological polar surface area (TPSA) is 65.2 Å². The standard InChI is InChI=1S/C20H17ClN2O3/c1-13-3-8-16(9-4-13)20-23-22-19(26-20)14(2)25-18(24)12-7-15-5-10-17(21)11-6-15/h3-12,14H,1-2H3/b12-7+/t14-/m1/s1. The predicted molar refractivity (Wildman–Crippen MR) is 99.5 cm³/mol. The average molecular weight is 369 g/mol. The van der Waals surface area contributed by atoms with E-state index < -0.39 is 12.1 Å². The highest BCUT2D eigenvalue weighted by Gasteiger charge is 2.18. The molecule has 0 bridgehead atoms. The predicted octanol–water partition coefficient (Wildman–Crippen LogP) is 5.02. The number of aromatic nitrogens is 2. The lowest BCUT2D eigenvalue weighted by atomic mass is 10.1. The lowest BCUT2D eigenvalue weighted by Crippen LogP contribution is -2.06. The Morgan fingerprint density at radius 1 is 1.12 bits per heavy atom. The van der Waals surface area contributed by atoms with Crippen LogP contribution in [-0.2, 0) is 9.53 Å². The lowest BCUT2D eigenvalue weighted by Gasteiger charge is -2.06. The molecule has 26 heavy (non-hydrogen) atoms. The number of hydrogen-bond acceptors (Lipinski definition) is 5. The van der Waals surface area contributed by atoms with Gasteiger partial charge in [0.25, 0.3) is 5.89 Å². The third-order valence-corrected chi connectivity index (χ3v) is 3.91. The summed E-state index contributed by atoms with van der Waals surface area (Å²) < 4.78 is 10.9. The fourth-order valence-electron chi connectivity index (χ4n) is 2.21. The molecule has 0 spiro atoms. The summed E-state index contributed by atoms with van der Waals surface area (Å²) in [4.78, 5) is 12.0. The molecule has 0 fully saturated rings. The van der Waals surface area contributed by atoms with Crippen molar-refractivity contribution in [2.75, 3.05) is 0 Å². The van der Waals surface area contributed by atoms with E-state index in [0.717, 1.165) is 16.7 Å². The third-order valence-electron chi connectivity index (χ3n) is 3.66. The van der Waals surface area contributed by atoms with Gasteiger partial charge in [0.05, 0.1) is 0 Å². The summed E-state index contributed by atoms with van der Waals surface area (Å²) in [5, 5.41) is 8.61. The zero-order valence-electron chi connectivity index (χ0n) is 14.3. The van der Waals surface area contributed by atoms with Crippen LogP contribution in [0.2, 0.25) is 5.02 Å². The molecule has 3 aromatic rings. The summed E-state index contributed by atoms with van der Waals surface area (Å²) in [5.41, 5.74) is 2.80. The quantitative estimate of drug-likeness (QED) is 0.467. The van der Waals surface area contributed by atoms with Crippen molar-refractivity contribution in [3.63, 3.8) is 0 Å². The summed E-state index contributed by atoms with van der Waals surface area (Å²) in [6.07, 6.45) is 2.34. The maximum absolute atomic E-state index is 12.0. The highest BCUT2D eigenvalue weighted by atomic mass is 35.5. The second-order valence-electron chi connectivity index (χ2n) is 5.78. The summed E-state index contributed by atoms with van der Waals surface area (Å²) in [5.74, 6) is 0.135. The SMILES string of the molecule is Cc1ccc(-c2nnc([C@@H](C)OC(=O)/C=C/c3ccc(Cl)cc3)o2)cc1. The van der Waals surface area contributed by atoms with Gasteiger partial charge in [0, 0.05) is 16.7 Å². The van der Waals surface area contributed by atoms with Gasteiger partial charge in [-0.25, -0.2) is 4.79 Å². The maximum atomic E-state index is 12.0. The number of rotatable bonds is 5. The number of nitrogens with zero attached hydrogens (tertiary/aromatic N) is 2. The lowest BCUT2D eigenvalue weighted by molar-refractivity contribution is -0.143. The van der Waals surface area contributed by atoms with Crippen molar-refractivity contribution in [3.05, 3.63) is 76.6 Å². The van der Waals surface area contributed by atoms with Crippen LogP contribution in [0.4, 0.5) is 0 Å². The molecule has 0 aliphatic carbocycles. The Labute approximate surface area is 156 Å². The van der Waals surface area contributed by atoms with Gasteiger partial charge in [-0.2, -0.15) is 0 Å². The van der Waals surface area contributed by atoms with Gasteiger partial charge in [-0.1, -0.05) is 41.4 Å². The summed E-state index contributed by atoms with van der Waals surface area (Å²) >= 11 is 5.83. The molecule has 1 aromatic heterocycles. The first-order valence-electron chi connectivity index (χ1n) is 8.06. The molecule has 1 heterocycles. The normalized spacial score (nSPS) is 12.3. The van der Waals surface area contributed by atoms with Gasteiger partial charge in [0.1, 0.15) is 0 Å². The van der Waals surface area contributed by atoms with E-state index in [4.69, 9.17) is 20.8 Å². The van der Waals surface area contributed by atoms with Gasteiger partial charge in [-0.3, -0.25) is 0 Å². The second kappa shape index (κ2) is 7.97. The molecule has 0 saturated heterocycles. The fraction of sp³-hybridized carbons (Fsp3) is 0.150. The third kappa shape index (κ3) is 4.58. The van der Waals surface area contributed by atoms with E-state index in [-0.39, 0.29) is 5.89 Å². The average Bonchev–Trinajstić information content (AvgIpc) is 3.12. The largest absolute Gasteiger partial charge is 0.449 e. The van der Waals surface area contributed by atoms with Crippen molar-refractivity contribution in [2.24, 2.45) is 0 Å². The minimum Gasteiger partial charge on any atom is -0.449 e. The summed E-state index contributed by atoms with van der Waals surface area (Å²) in [6, 6.07) is 14.8. The van der Waals surface area contributed by atoms with Crippen LogP contribution < -0.4 is 0 Å². The van der Waals surface area contributed by atoms with Crippen LogP contribution in [0.5, 0.6) is 0 Å². The van der Waals surface area contributed by atoms with E-state index in [2.05, 4.69) is 10.2 Å². The van der Waals surface area contributed by atoms with Gasteiger partial charge in [-0.15, -0.1) is 10.2 Å². The van der Waals surface area contributed by atoms with Crippen molar-refractivity contribution in [1.82, 2.24) is 10.2 Å². The van der Waals surface area contributed by atoms with Crippen LogP contribution in [0.25, 0.3) is 17.5 Å². The Morgan fingerprint density at radius 3 is 2.50 bits per heavy atom. The van der Waals surface area contributed by atoms with Crippen LogP contribution in [0.1, 0.15) is 30.0 Å². The molecule has 0 amide bonds. The van der Waals surface area contributed by atoms with Crippen LogP contribution in [0, 0.1) is 6.92 Å². The Hall–Kier alpha value is -2.92. The maximum Gasteiger partial charge on any atom is 0.331 e. The van der Waals surface area contributed by atoms with Gasteiger partial charge in [0.15, 0.2) is 6.10 Å². The van der Waals surface area contributed by atoms with Crippen LogP contribution in [0.3, 0.4) is 0 Å². The smallest absolute Gasteiger partial charge is 0.331 e. The van der Waals surface area contributed by atoms with Crippen molar-refractivity contribution in [1.29, 1.82) is 0 Å². The number of carbonyl (C=O) groups is 1. The van der Waals surface area contributed by atoms with E-state index in [9.17, 15) is 4.79 Å². The van der Waals surface area contributed by atoms with Gasteiger partial charge in [0.2, 0.25) is 5.89 Å². The molecule has 0 radical (unpaired) electrons. The van der Waals surface area contributed by atoms with E-state index in [0.29, 0.717) is 10.9 Å². The molecule has 3 rings (SSSR count). The van der Waals surface area contributed by atoms with Crippen LogP contribution in [0.15, 0.2) is 59.0 Å². The summed E-state index contributed by atoms with van der Waals surface area (Å²) in [7, 11) is 0. The van der Waals surface area contributed by atoms with Crippen molar-refractivity contribution in [2.45, 2.75) is 20.0 Å². The number of carbonyl (C=O) groups excluding carboxylic acids is 1. The van der Waals surface area contributed by atoms with Gasteiger partial charge < -0.3 is 9.15 Å². The number of aryl methyl sites for hydroxylation is 1. The van der Waals surface area contributed by atoms with E-state index in [1.54, 1.807) is 37.3 Å². The van der Waals surface area contributed by atoms with Crippen LogP contribution >= 0.6 is 11.6 Å². The van der Waals surface area contributed by atoms with Crippen molar-refractivity contribution >= 4 is 23.6 Å². The Kier molecular flexibility index (Phi) is 5.49. The Balaban J connectivity index is 1.62. The molecular formula is C20H17ClN2O3. The van der Waals surface area contributed by atoms with Gasteiger partial charge in [-0.05, 0) is 49.8 Å². The van der Waals surface area contributed by atoms with E-state index in [1.165, 1.54) is 6.08 Å². The minimum absolute atomic E-state index is 0.244. The molecule has 0 N–H and O–H groups in total. The minimum atomic E-state index is -0.649. The highest BCUT2D eigenvalue weighted by Crippen LogP contribution is 2.22. The Morgan fingerprint density at radius 2 is 1.81 bits per heavy atom. The summed E-state index contributed by atoms with van der Waals surface area (Å²) in [6.45, 7) is 3.68. The second-order valence-corrected chi connectivity index (χ2v) is 6.21. The zero-order chi connectivity index (χ0) is 18.5. The molecule has 2 aromatic carbocycles. The molecule has 0 aliphatic heterocycles. The Bertz CT molecular complexity index is 915. The number of benzene rings is 2. The molecule has 1 atom stereocenters. The number of esters is 1. The zero-order valence-corrected chi connectivity index (χ0v) is 15.1. The highest BCUT2D eigenvalue weighted by molar-refractivity contribution is 6.30. The van der Waals surface area contributed by atoms with E-state index >= 15 is 0 Å². The molecule has 0 aliphatic rings.